The van der Waals surface area contributed by atoms with E-state index in [1.165, 1.54) is 38.1 Å². The van der Waals surface area contributed by atoms with Crippen molar-refractivity contribution in [2.45, 2.75) is 170 Å². The van der Waals surface area contributed by atoms with E-state index >= 15 is 14.4 Å². The van der Waals surface area contributed by atoms with E-state index in [9.17, 15) is 75.0 Å². The van der Waals surface area contributed by atoms with Gasteiger partial charge in [0.05, 0.1) is 40.7 Å². The highest BCUT2D eigenvalue weighted by molar-refractivity contribution is 6.32. The summed E-state index contributed by atoms with van der Waals surface area (Å²) in [5.74, 6) is -18.9. The molecule has 0 aromatic heterocycles. The molecule has 0 aliphatic carbocycles. The first-order valence-corrected chi connectivity index (χ1v) is 33.2. The molecule has 5 amide bonds. The number of hydrogen-bond donors (Lipinski definition) is 16. The average Bonchev–Trinajstić information content (AvgIpc) is 0.775. The van der Waals surface area contributed by atoms with Gasteiger partial charge in [-0.25, -0.2) is 4.79 Å². The predicted molar refractivity (Wildman–Crippen MR) is 353 cm³/mol. The molecule has 101 heavy (non-hydrogen) atoms. The van der Waals surface area contributed by atoms with Crippen LogP contribution in [-0.4, -0.2) is 172 Å². The number of benzene rings is 5. The second-order valence-electron chi connectivity index (χ2n) is 26.6. The Balaban J connectivity index is 1.24. The summed E-state index contributed by atoms with van der Waals surface area (Å²) in [6.45, 7) is 7.55. The second-order valence-corrected chi connectivity index (χ2v) is 27.4. The van der Waals surface area contributed by atoms with Crippen LogP contribution in [-0.2, 0) is 52.6 Å². The molecule has 5 aromatic carbocycles. The number of halogens is 2. The van der Waals surface area contributed by atoms with Crippen molar-refractivity contribution in [1.82, 2.24) is 21.3 Å². The Hall–Kier alpha value is -8.76. The number of amides is 5. The minimum atomic E-state index is -2.24. The molecule has 32 heteroatoms. The zero-order valence-electron chi connectivity index (χ0n) is 54.9. The summed E-state index contributed by atoms with van der Waals surface area (Å²) in [5.41, 5.74) is 8.53. The number of primary amides is 1. The maximum Gasteiger partial charge on any atom is 0.330 e. The number of fused-ring (bicyclic) bond motifs is 15. The van der Waals surface area contributed by atoms with Crippen molar-refractivity contribution in [3.05, 3.63) is 117 Å². The molecule has 2 fully saturated rings. The SMILES string of the molecule is CC[C@H](CC(C)C)C(=O)N[C@H]1C(=O)C[C@@H](CC(N)=O)C(=O)N[C@H]2C(=O)CC3C(=O)N[C@H](C(=O)N[C@H](C(=O)O)c4cc(O)cc(O)c4-c4cc3ccc4O)[C@H](O)c3ccc(c(Cl)c3)Oc3cc2cc(c3O[C@@H]2O[C@H](CO)[C@@H](O)[C@H](O)[C@H]2O[C@H]2C[C@](C)(N)[C@H](O)[C@H](C)O2)Oc2ccc(cc2Cl)[C@H]1O. The number of Topliss-reactive ketones (excluding diaryl/α,β-unsaturated/α-hetero) is 2. The van der Waals surface area contributed by atoms with Crippen LogP contribution in [0.15, 0.2) is 78.9 Å². The van der Waals surface area contributed by atoms with Crippen molar-refractivity contribution in [2.24, 2.45) is 29.2 Å². The van der Waals surface area contributed by atoms with E-state index in [0.717, 1.165) is 54.6 Å². The lowest BCUT2D eigenvalue weighted by molar-refractivity contribution is -0.333. The number of carbonyl (C=O) groups is 8. The van der Waals surface area contributed by atoms with Crippen LogP contribution in [0.2, 0.25) is 10.0 Å². The van der Waals surface area contributed by atoms with Gasteiger partial charge >= 0.3 is 5.97 Å². The second kappa shape index (κ2) is 30.4. The first-order chi connectivity index (χ1) is 47.7. The highest BCUT2D eigenvalue weighted by atomic mass is 35.5. The third-order valence-corrected chi connectivity index (χ3v) is 19.2. The third kappa shape index (κ3) is 16.0. The molecule has 542 valence electrons. The molecule has 0 spiro atoms. The topological polar surface area (TPSA) is 494 Å². The Kier molecular flexibility index (Phi) is 22.6. The first kappa shape index (κ1) is 74.9. The summed E-state index contributed by atoms with van der Waals surface area (Å²) in [4.78, 5) is 117. The number of nitrogens with one attached hydrogen (secondary N) is 4. The number of nitrogens with two attached hydrogens (primary N) is 2. The number of rotatable bonds is 13. The maximum atomic E-state index is 16.2. The molecule has 2 saturated heterocycles. The van der Waals surface area contributed by atoms with Gasteiger partial charge in [0.2, 0.25) is 41.6 Å². The fourth-order valence-electron chi connectivity index (χ4n) is 13.2. The van der Waals surface area contributed by atoms with Gasteiger partial charge in [-0.3, -0.25) is 33.6 Å². The third-order valence-electron chi connectivity index (χ3n) is 18.6. The molecule has 5 aromatic rings. The van der Waals surface area contributed by atoms with Crippen LogP contribution >= 0.6 is 23.2 Å². The summed E-state index contributed by atoms with van der Waals surface area (Å²) < 4.78 is 38.5. The fraction of sp³-hybridized carbons (Fsp3) is 0.449. The van der Waals surface area contributed by atoms with Gasteiger partial charge in [0.1, 0.15) is 77.4 Å². The van der Waals surface area contributed by atoms with E-state index < -0.39 is 238 Å². The van der Waals surface area contributed by atoms with Crippen molar-refractivity contribution in [3.63, 3.8) is 0 Å². The van der Waals surface area contributed by atoms with Gasteiger partial charge in [0.25, 0.3) is 0 Å². The van der Waals surface area contributed by atoms with Gasteiger partial charge in [-0.1, -0.05) is 62.2 Å². The monoisotopic (exact) mass is 1440 g/mol. The number of phenols is 3. The van der Waals surface area contributed by atoms with Gasteiger partial charge in [-0.15, -0.1) is 0 Å². The lowest BCUT2D eigenvalue weighted by Crippen LogP contribution is -2.64. The van der Waals surface area contributed by atoms with E-state index in [0.29, 0.717) is 12.8 Å². The minimum absolute atomic E-state index is 0.0143. The molecular weight excluding hydrogens is 1370 g/mol. The van der Waals surface area contributed by atoms with Gasteiger partial charge in [0.15, 0.2) is 41.5 Å². The summed E-state index contributed by atoms with van der Waals surface area (Å²) in [7, 11) is 0. The molecule has 11 bridgehead atoms. The molecule has 7 aliphatic rings. The number of aliphatic carboxylic acids is 1. The van der Waals surface area contributed by atoms with Gasteiger partial charge in [-0.2, -0.15) is 0 Å². The molecule has 18 atom stereocenters. The molecule has 0 saturated carbocycles. The number of carboxylic acid groups (broad SMARTS) is 1. The Labute approximate surface area is 586 Å². The van der Waals surface area contributed by atoms with Crippen molar-refractivity contribution in [2.75, 3.05) is 6.61 Å². The standard InChI is InChI=1S/C69H78Cl2N6O24/c1-6-28(13-26(2)3)63(90)76-54-42(82)17-33(20-49(72)84)64(91)74-52-32-18-46(97-44-11-8-30(56(54)85)15-38(44)70)60(101-68-61(59(88)58(87)48(25-78)99-68)100-50-24-69(5,73)62(89)27(4)96-50)47(19-32)98-45-12-9-31(16-39(45)71)57(86)55-66(93)75-53(67(94)95)37-21-34(79)22-41(81)51(37)36-14-29(7-10-40(36)80)35(23-43(52)83)65(92)77-55/h7-12,14-16,18-19,21-22,26-28,33,35,48,50,52-59,61-62,68,78-81,85-89H,6,13,17,20,23-25,73H2,1-5H3,(H2,72,84)(H,74,91)(H,75,93)(H,76,90)(H,77,92)(H,94,95)/t27-,28+,33-,35?,48+,50-,52+,53-,54-,55-,56+,57+,58+,59-,61+,62+,68-,69-/m0/s1. The zero-order chi connectivity index (χ0) is 73.5. The molecule has 30 nitrogen and oxygen atoms in total. The highest BCUT2D eigenvalue weighted by Crippen LogP contribution is 2.50. The summed E-state index contributed by atoms with van der Waals surface area (Å²) in [5, 5.41) is 123. The summed E-state index contributed by atoms with van der Waals surface area (Å²) >= 11 is 14.2. The van der Waals surface area contributed by atoms with Gasteiger partial charge in [0, 0.05) is 59.9 Å². The number of hydrogen-bond acceptors (Lipinski definition) is 24. The lowest BCUT2D eigenvalue weighted by atomic mass is 9.84. The quantitative estimate of drug-likeness (QED) is 0.0801. The zero-order valence-corrected chi connectivity index (χ0v) is 56.5. The molecule has 18 N–H and O–H groups in total. The van der Waals surface area contributed by atoms with Crippen LogP contribution < -0.4 is 46.9 Å². The predicted octanol–water partition coefficient (Wildman–Crippen LogP) is 3.52. The van der Waals surface area contributed by atoms with Gasteiger partial charge < -0.3 is 112 Å². The Morgan fingerprint density at radius 2 is 1.38 bits per heavy atom. The molecule has 12 rings (SSSR count). The molecule has 7 heterocycles. The van der Waals surface area contributed by atoms with Crippen LogP contribution in [0.3, 0.4) is 0 Å². The normalized spacial score (nSPS) is 29.6. The number of aliphatic hydroxyl groups is 6. The van der Waals surface area contributed by atoms with Crippen molar-refractivity contribution in [3.8, 4) is 57.1 Å². The minimum Gasteiger partial charge on any atom is -0.508 e. The maximum absolute atomic E-state index is 16.2. The van der Waals surface area contributed by atoms with Crippen LogP contribution in [0.25, 0.3) is 11.1 Å². The van der Waals surface area contributed by atoms with Gasteiger partial charge in [-0.05, 0) is 109 Å². The van der Waals surface area contributed by atoms with Crippen molar-refractivity contribution in [1.29, 1.82) is 0 Å². The van der Waals surface area contributed by atoms with E-state index in [-0.39, 0.29) is 51.1 Å². The first-order valence-electron chi connectivity index (χ1n) is 32.4. The van der Waals surface area contributed by atoms with Crippen molar-refractivity contribution >= 4 is 70.3 Å². The number of aromatic hydroxyl groups is 3. The lowest BCUT2D eigenvalue weighted by Gasteiger charge is -2.47. The Morgan fingerprint density at radius 1 is 0.743 bits per heavy atom. The van der Waals surface area contributed by atoms with Crippen LogP contribution in [0.1, 0.15) is 131 Å². The smallest absolute Gasteiger partial charge is 0.330 e. The number of ketones is 2. The van der Waals surface area contributed by atoms with E-state index in [1.54, 1.807) is 6.92 Å². The van der Waals surface area contributed by atoms with Crippen molar-refractivity contribution < 1.29 is 118 Å². The van der Waals surface area contributed by atoms with Crippen LogP contribution in [0.4, 0.5) is 0 Å². The fourth-order valence-corrected chi connectivity index (χ4v) is 13.7. The molecule has 0 radical (unpaired) electrons. The average molecular weight is 1450 g/mol. The number of carbonyl (C=O) groups excluding carboxylic acids is 7. The highest BCUT2D eigenvalue weighted by Gasteiger charge is 2.51. The van der Waals surface area contributed by atoms with E-state index in [2.05, 4.69) is 21.3 Å². The summed E-state index contributed by atoms with van der Waals surface area (Å²) in [6.07, 6.45) is -19.8. The summed E-state index contributed by atoms with van der Waals surface area (Å²) in [6, 6.07) is 5.66. The molecular formula is C69H78Cl2N6O24. The Bertz CT molecular complexity index is 4060. The number of aliphatic hydroxyl groups excluding tert-OH is 6. The number of ether oxygens (including phenoxy) is 6. The van der Waals surface area contributed by atoms with Crippen LogP contribution in [0.5, 0.6) is 46.0 Å². The number of phenolic OH excluding ortho intramolecular Hbond substituents is 3. The van der Waals surface area contributed by atoms with Crippen LogP contribution in [0, 0.1) is 17.8 Å². The number of carboxylic acids is 1. The molecule has 1 unspecified atom stereocenters. The van der Waals surface area contributed by atoms with E-state index in [1.807, 2.05) is 13.8 Å². The molecule has 7 aliphatic heterocycles. The largest absolute Gasteiger partial charge is 0.508 e. The Morgan fingerprint density at radius 3 is 1.96 bits per heavy atom. The van der Waals surface area contributed by atoms with E-state index in [4.69, 9.17) is 63.1 Å².